The Hall–Kier alpha value is -2.63. The average molecular weight is 1010 g/mol. The molecule has 1 unspecified atom stereocenters. The van der Waals surface area contributed by atoms with Gasteiger partial charge in [-0.15, -0.1) is 0 Å². The largest absolute Gasteiger partial charge is 0.462 e. The average Bonchev–Trinajstić information content (AvgIpc) is 3.38. The van der Waals surface area contributed by atoms with Crippen molar-refractivity contribution < 1.29 is 28.6 Å². The van der Waals surface area contributed by atoms with Gasteiger partial charge in [0.2, 0.25) is 0 Å². The van der Waals surface area contributed by atoms with Crippen LogP contribution in [-0.4, -0.2) is 37.2 Å². The quantitative estimate of drug-likeness (QED) is 0.0261. The second-order valence-electron chi connectivity index (χ2n) is 21.3. The molecule has 0 bridgehead atoms. The Morgan fingerprint density at radius 1 is 0.278 bits per heavy atom. The number of carbonyl (C=O) groups is 3. The van der Waals surface area contributed by atoms with Gasteiger partial charge in [0.05, 0.1) is 0 Å². The molecule has 0 aliphatic rings. The maximum Gasteiger partial charge on any atom is 0.306 e. The van der Waals surface area contributed by atoms with Crippen LogP contribution in [0.2, 0.25) is 0 Å². The molecule has 0 aliphatic carbocycles. The fourth-order valence-corrected chi connectivity index (χ4v) is 9.27. The molecule has 0 amide bonds. The number of hydrogen-bond acceptors (Lipinski definition) is 6. The lowest BCUT2D eigenvalue weighted by Gasteiger charge is -2.18. The predicted molar refractivity (Wildman–Crippen MR) is 312 cm³/mol. The van der Waals surface area contributed by atoms with Crippen LogP contribution in [0, 0.1) is 0 Å². The van der Waals surface area contributed by atoms with E-state index in [1.165, 1.54) is 225 Å². The molecule has 0 saturated heterocycles. The van der Waals surface area contributed by atoms with Crippen LogP contribution in [0.5, 0.6) is 0 Å². The minimum atomic E-state index is -0.771. The number of ether oxygens (including phenoxy) is 3. The standard InChI is InChI=1S/C66H120O6/c1-4-7-10-13-16-19-21-23-25-27-28-29-30-31-32-33-34-35-36-37-38-40-41-43-45-47-50-53-56-59-65(68)71-62-63(61-70-64(67)58-55-52-49-18-15-12-9-6-3)72-66(69)60-57-54-51-48-46-44-42-39-26-24-22-20-17-14-11-8-5-2/h21,23-24,26-28,30-31,63H,4-20,22,25,29,32-62H2,1-3H3/b23-21-,26-24-,28-27-,31-30-. The molecule has 420 valence electrons. The van der Waals surface area contributed by atoms with Gasteiger partial charge in [0.1, 0.15) is 13.2 Å². The monoisotopic (exact) mass is 1010 g/mol. The van der Waals surface area contributed by atoms with E-state index in [1.54, 1.807) is 0 Å². The fraction of sp³-hybridized carbons (Fsp3) is 0.833. The topological polar surface area (TPSA) is 78.9 Å². The fourth-order valence-electron chi connectivity index (χ4n) is 9.27. The first-order valence-electron chi connectivity index (χ1n) is 31.6. The summed E-state index contributed by atoms with van der Waals surface area (Å²) in [4.78, 5) is 38.1. The van der Waals surface area contributed by atoms with Gasteiger partial charge in [-0.1, -0.05) is 281 Å². The highest BCUT2D eigenvalue weighted by atomic mass is 16.6. The normalized spacial score (nSPS) is 12.3. The summed E-state index contributed by atoms with van der Waals surface area (Å²) in [5.41, 5.74) is 0. The molecule has 1 atom stereocenters. The summed E-state index contributed by atoms with van der Waals surface area (Å²) in [7, 11) is 0. The first-order chi connectivity index (χ1) is 35.5. The first-order valence-corrected chi connectivity index (χ1v) is 31.6. The zero-order chi connectivity index (χ0) is 52.2. The van der Waals surface area contributed by atoms with E-state index in [2.05, 4.69) is 69.4 Å². The molecule has 0 aliphatic heterocycles. The van der Waals surface area contributed by atoms with E-state index >= 15 is 0 Å². The molecule has 0 rings (SSSR count). The van der Waals surface area contributed by atoms with E-state index < -0.39 is 6.10 Å². The maximum absolute atomic E-state index is 12.8. The van der Waals surface area contributed by atoms with Gasteiger partial charge < -0.3 is 14.2 Å². The summed E-state index contributed by atoms with van der Waals surface area (Å²) in [6.07, 6.45) is 75.6. The highest BCUT2D eigenvalue weighted by Gasteiger charge is 2.19. The van der Waals surface area contributed by atoms with Crippen molar-refractivity contribution in [2.75, 3.05) is 13.2 Å². The third-order valence-electron chi connectivity index (χ3n) is 14.1. The molecule has 0 saturated carbocycles. The zero-order valence-electron chi connectivity index (χ0n) is 48.2. The summed E-state index contributed by atoms with van der Waals surface area (Å²) in [5, 5.41) is 0. The maximum atomic E-state index is 12.8. The van der Waals surface area contributed by atoms with Gasteiger partial charge in [0.25, 0.3) is 0 Å². The van der Waals surface area contributed by atoms with Crippen LogP contribution in [0.3, 0.4) is 0 Å². The van der Waals surface area contributed by atoms with Crippen molar-refractivity contribution in [2.45, 2.75) is 341 Å². The van der Waals surface area contributed by atoms with Gasteiger partial charge in [0.15, 0.2) is 6.10 Å². The Morgan fingerprint density at radius 2 is 0.500 bits per heavy atom. The molecule has 0 radical (unpaired) electrons. The van der Waals surface area contributed by atoms with E-state index in [9.17, 15) is 14.4 Å². The van der Waals surface area contributed by atoms with Crippen molar-refractivity contribution in [2.24, 2.45) is 0 Å². The Kier molecular flexibility index (Phi) is 58.7. The Balaban J connectivity index is 4.10. The van der Waals surface area contributed by atoms with Crippen molar-refractivity contribution in [3.05, 3.63) is 48.6 Å². The highest BCUT2D eigenvalue weighted by molar-refractivity contribution is 5.71. The van der Waals surface area contributed by atoms with Crippen LogP contribution in [0.25, 0.3) is 0 Å². The first kappa shape index (κ1) is 69.4. The van der Waals surface area contributed by atoms with Gasteiger partial charge >= 0.3 is 17.9 Å². The van der Waals surface area contributed by atoms with Crippen LogP contribution in [0.4, 0.5) is 0 Å². The molecule has 72 heavy (non-hydrogen) atoms. The van der Waals surface area contributed by atoms with Gasteiger partial charge in [-0.05, 0) is 83.5 Å². The van der Waals surface area contributed by atoms with Crippen LogP contribution in [-0.2, 0) is 28.6 Å². The van der Waals surface area contributed by atoms with E-state index in [0.717, 1.165) is 70.6 Å². The molecule has 0 aromatic carbocycles. The molecule has 0 spiro atoms. The van der Waals surface area contributed by atoms with Crippen LogP contribution in [0.1, 0.15) is 335 Å². The van der Waals surface area contributed by atoms with Gasteiger partial charge in [-0.2, -0.15) is 0 Å². The third kappa shape index (κ3) is 58.3. The van der Waals surface area contributed by atoms with Crippen molar-refractivity contribution in [1.82, 2.24) is 0 Å². The van der Waals surface area contributed by atoms with Gasteiger partial charge in [-0.25, -0.2) is 0 Å². The zero-order valence-corrected chi connectivity index (χ0v) is 48.2. The smallest absolute Gasteiger partial charge is 0.306 e. The summed E-state index contributed by atoms with van der Waals surface area (Å²) >= 11 is 0. The molecule has 0 aromatic rings. The Bertz CT molecular complexity index is 1250. The molecule has 0 fully saturated rings. The third-order valence-corrected chi connectivity index (χ3v) is 14.1. The molecule has 0 heterocycles. The molecule has 6 heteroatoms. The highest BCUT2D eigenvalue weighted by Crippen LogP contribution is 2.17. The number of unbranched alkanes of at least 4 members (excludes halogenated alkanes) is 39. The van der Waals surface area contributed by atoms with E-state index in [-0.39, 0.29) is 31.1 Å². The molecule has 6 nitrogen and oxygen atoms in total. The van der Waals surface area contributed by atoms with Crippen LogP contribution >= 0.6 is 0 Å². The summed E-state index contributed by atoms with van der Waals surface area (Å²) in [5.74, 6) is -0.864. The Labute approximate surface area is 448 Å². The minimum absolute atomic E-state index is 0.0715. The van der Waals surface area contributed by atoms with E-state index in [1.807, 2.05) is 0 Å². The molecular formula is C66H120O6. The summed E-state index contributed by atoms with van der Waals surface area (Å²) < 4.78 is 16.8. The molecule has 0 aromatic heterocycles. The lowest BCUT2D eigenvalue weighted by atomic mass is 10.0. The lowest BCUT2D eigenvalue weighted by molar-refractivity contribution is -0.167. The number of allylic oxidation sites excluding steroid dienone is 8. The predicted octanol–water partition coefficient (Wildman–Crippen LogP) is 21.4. The molecule has 0 N–H and O–H groups in total. The van der Waals surface area contributed by atoms with Crippen LogP contribution in [0.15, 0.2) is 48.6 Å². The number of rotatable bonds is 58. The summed E-state index contributed by atoms with van der Waals surface area (Å²) in [6, 6.07) is 0. The second kappa shape index (κ2) is 60.9. The SMILES string of the molecule is CCCCCCC/C=C\C/C=C\C/C=C\CCCCCCCCCCCCCCCCC(=O)OCC(COC(=O)CCCCCCCCCC)OC(=O)CCCCCCCCC/C=C\CCCCCCCC. The van der Waals surface area contributed by atoms with Crippen LogP contribution < -0.4 is 0 Å². The van der Waals surface area contributed by atoms with Crippen molar-refractivity contribution >= 4 is 17.9 Å². The number of hydrogen-bond donors (Lipinski definition) is 0. The summed E-state index contributed by atoms with van der Waals surface area (Å²) in [6.45, 7) is 6.63. The van der Waals surface area contributed by atoms with Crippen molar-refractivity contribution in [3.63, 3.8) is 0 Å². The lowest BCUT2D eigenvalue weighted by Crippen LogP contribution is -2.30. The molecular weight excluding hydrogens is 889 g/mol. The second-order valence-corrected chi connectivity index (χ2v) is 21.3. The number of esters is 3. The van der Waals surface area contributed by atoms with Gasteiger partial charge in [-0.3, -0.25) is 14.4 Å². The van der Waals surface area contributed by atoms with E-state index in [4.69, 9.17) is 14.2 Å². The number of carbonyl (C=O) groups excluding carboxylic acids is 3. The van der Waals surface area contributed by atoms with Gasteiger partial charge in [0, 0.05) is 19.3 Å². The van der Waals surface area contributed by atoms with Crippen molar-refractivity contribution in [3.8, 4) is 0 Å². The van der Waals surface area contributed by atoms with Crippen molar-refractivity contribution in [1.29, 1.82) is 0 Å². The minimum Gasteiger partial charge on any atom is -0.462 e. The Morgan fingerprint density at radius 3 is 0.792 bits per heavy atom. The van der Waals surface area contributed by atoms with E-state index in [0.29, 0.717) is 19.3 Å².